The van der Waals surface area contributed by atoms with Crippen molar-refractivity contribution in [3.8, 4) is 0 Å². The maximum atomic E-state index is 13.6. The Morgan fingerprint density at radius 1 is 1.08 bits per heavy atom. The molecule has 1 aliphatic rings. The fourth-order valence-electron chi connectivity index (χ4n) is 3.38. The number of benzene rings is 1. The number of rotatable bonds is 11. The monoisotopic (exact) mass is 549 g/mol. The molecular formula is C24H26F3N7O3S. The van der Waals surface area contributed by atoms with Gasteiger partial charge in [-0.1, -0.05) is 18.2 Å². The average Bonchev–Trinajstić information content (AvgIpc) is 3.68. The zero-order valence-electron chi connectivity index (χ0n) is 20.3. The van der Waals surface area contributed by atoms with Crippen LogP contribution in [0.2, 0.25) is 0 Å². The number of pyridine rings is 1. The molecule has 202 valence electrons. The highest BCUT2D eigenvalue weighted by Gasteiger charge is 2.35. The van der Waals surface area contributed by atoms with Gasteiger partial charge in [-0.05, 0) is 43.5 Å². The van der Waals surface area contributed by atoms with Gasteiger partial charge in [0, 0.05) is 36.2 Å². The van der Waals surface area contributed by atoms with Gasteiger partial charge in [-0.15, -0.1) is 0 Å². The highest BCUT2D eigenvalue weighted by Crippen LogP contribution is 2.34. The van der Waals surface area contributed by atoms with Crippen LogP contribution in [0.4, 0.5) is 36.4 Å². The molecule has 10 nitrogen and oxygen atoms in total. The number of alkyl halides is 3. The van der Waals surface area contributed by atoms with Gasteiger partial charge in [0.15, 0.2) is 0 Å². The second-order valence-electron chi connectivity index (χ2n) is 8.66. The quantitative estimate of drug-likeness (QED) is 0.283. The van der Waals surface area contributed by atoms with Gasteiger partial charge in [0.2, 0.25) is 21.9 Å². The largest absolute Gasteiger partial charge is 0.421 e. The minimum Gasteiger partial charge on any atom is -0.365 e. The van der Waals surface area contributed by atoms with Gasteiger partial charge < -0.3 is 16.0 Å². The maximum absolute atomic E-state index is 13.6. The summed E-state index contributed by atoms with van der Waals surface area (Å²) in [6, 6.07) is 10.2. The van der Waals surface area contributed by atoms with Crippen molar-refractivity contribution in [3.05, 3.63) is 65.5 Å². The number of aromatic nitrogens is 3. The van der Waals surface area contributed by atoms with E-state index in [0.29, 0.717) is 17.4 Å². The third kappa shape index (κ3) is 7.54. The number of halogens is 3. The van der Waals surface area contributed by atoms with E-state index in [1.54, 1.807) is 24.3 Å². The first-order valence-electron chi connectivity index (χ1n) is 11.8. The summed E-state index contributed by atoms with van der Waals surface area (Å²) in [7, 11) is -3.64. The van der Waals surface area contributed by atoms with Crippen LogP contribution >= 0.6 is 0 Å². The van der Waals surface area contributed by atoms with Crippen LogP contribution in [0.15, 0.2) is 48.8 Å². The number of carbonyl (C=O) groups is 1. The fourth-order valence-corrected chi connectivity index (χ4v) is 4.01. The Bertz CT molecular complexity index is 1400. The van der Waals surface area contributed by atoms with Crippen molar-refractivity contribution in [1.29, 1.82) is 0 Å². The summed E-state index contributed by atoms with van der Waals surface area (Å²) in [6.07, 6.45) is -0.468. The summed E-state index contributed by atoms with van der Waals surface area (Å²) in [5.41, 5.74) is 0.549. The summed E-state index contributed by atoms with van der Waals surface area (Å²) in [4.78, 5) is 23.8. The van der Waals surface area contributed by atoms with Crippen LogP contribution < -0.4 is 20.7 Å². The van der Waals surface area contributed by atoms with Gasteiger partial charge in [-0.25, -0.2) is 18.4 Å². The molecule has 4 rings (SSSR count). The summed E-state index contributed by atoms with van der Waals surface area (Å²) < 4.78 is 67.1. The maximum Gasteiger partial charge on any atom is 0.421 e. The second-order valence-corrected chi connectivity index (χ2v) is 10.7. The first-order chi connectivity index (χ1) is 18.0. The van der Waals surface area contributed by atoms with E-state index in [0.717, 1.165) is 18.4 Å². The molecule has 3 aromatic rings. The zero-order chi connectivity index (χ0) is 27.3. The molecule has 0 bridgehead atoms. The Balaban J connectivity index is 1.48. The lowest BCUT2D eigenvalue weighted by Gasteiger charge is -2.16. The normalized spacial score (nSPS) is 13.6. The number of sulfonamides is 1. The number of hydrogen-bond donors (Lipinski definition) is 4. The van der Waals surface area contributed by atoms with Crippen LogP contribution in [0.1, 0.15) is 36.5 Å². The van der Waals surface area contributed by atoms with Crippen molar-refractivity contribution in [1.82, 2.24) is 20.3 Å². The first kappa shape index (κ1) is 27.1. The molecule has 1 amide bonds. The third-order valence-corrected chi connectivity index (χ3v) is 6.85. The molecule has 0 unspecified atom stereocenters. The van der Waals surface area contributed by atoms with Crippen LogP contribution in [-0.2, 0) is 34.0 Å². The molecule has 0 radical (unpaired) electrons. The van der Waals surface area contributed by atoms with Crippen molar-refractivity contribution >= 4 is 39.2 Å². The van der Waals surface area contributed by atoms with E-state index in [1.165, 1.54) is 25.3 Å². The first-order valence-corrected chi connectivity index (χ1v) is 13.5. The van der Waals surface area contributed by atoms with Gasteiger partial charge in [-0.3, -0.25) is 9.52 Å². The van der Waals surface area contributed by atoms with Crippen molar-refractivity contribution in [2.45, 2.75) is 44.9 Å². The van der Waals surface area contributed by atoms with Crippen molar-refractivity contribution in [2.75, 3.05) is 21.1 Å². The SMILES string of the molecule is CCS(=O)(=O)Nc1ncccc1CNc1nc(Nc2ccc(CC(=O)NC3CC3)cc2)ncc1C(F)(F)F. The molecule has 1 fully saturated rings. The third-order valence-electron chi connectivity index (χ3n) is 5.58. The number of amides is 1. The Morgan fingerprint density at radius 2 is 1.82 bits per heavy atom. The van der Waals surface area contributed by atoms with E-state index in [4.69, 9.17) is 0 Å². The van der Waals surface area contributed by atoms with Crippen LogP contribution in [-0.4, -0.2) is 41.1 Å². The lowest BCUT2D eigenvalue weighted by Crippen LogP contribution is -2.26. The van der Waals surface area contributed by atoms with Crippen molar-refractivity contribution in [2.24, 2.45) is 0 Å². The van der Waals surface area contributed by atoms with Crippen molar-refractivity contribution in [3.63, 3.8) is 0 Å². The predicted octanol–water partition coefficient (Wildman–Crippen LogP) is 3.83. The number of nitrogens with one attached hydrogen (secondary N) is 4. The molecule has 14 heteroatoms. The molecule has 38 heavy (non-hydrogen) atoms. The van der Waals surface area contributed by atoms with E-state index in [-0.39, 0.29) is 42.4 Å². The molecule has 0 saturated heterocycles. The molecular weight excluding hydrogens is 523 g/mol. The average molecular weight is 550 g/mol. The van der Waals surface area contributed by atoms with Gasteiger partial charge in [-0.2, -0.15) is 18.2 Å². The molecule has 0 atom stereocenters. The smallest absolute Gasteiger partial charge is 0.365 e. The number of carbonyl (C=O) groups excluding carboxylic acids is 1. The van der Waals surface area contributed by atoms with Crippen molar-refractivity contribution < 1.29 is 26.4 Å². The Labute approximate surface area is 217 Å². The molecule has 0 aliphatic heterocycles. The number of nitrogens with zero attached hydrogens (tertiary/aromatic N) is 3. The van der Waals surface area contributed by atoms with Gasteiger partial charge in [0.25, 0.3) is 0 Å². The van der Waals surface area contributed by atoms with Gasteiger partial charge in [0.1, 0.15) is 17.2 Å². The highest BCUT2D eigenvalue weighted by atomic mass is 32.2. The molecule has 1 aromatic carbocycles. The van der Waals surface area contributed by atoms with Crippen LogP contribution in [0.5, 0.6) is 0 Å². The highest BCUT2D eigenvalue weighted by molar-refractivity contribution is 7.92. The lowest BCUT2D eigenvalue weighted by atomic mass is 10.1. The minimum atomic E-state index is -4.73. The van der Waals surface area contributed by atoms with Crippen LogP contribution in [0.3, 0.4) is 0 Å². The van der Waals surface area contributed by atoms with Gasteiger partial charge in [0.05, 0.1) is 12.2 Å². The van der Waals surface area contributed by atoms with E-state index < -0.39 is 27.6 Å². The lowest BCUT2D eigenvalue weighted by molar-refractivity contribution is -0.137. The Morgan fingerprint density at radius 3 is 2.47 bits per heavy atom. The Hall–Kier alpha value is -3.94. The molecule has 0 spiro atoms. The minimum absolute atomic E-state index is 0.00807. The Kier molecular flexibility index (Phi) is 7.99. The number of anilines is 4. The van der Waals surface area contributed by atoms with E-state index in [9.17, 15) is 26.4 Å². The fraction of sp³-hybridized carbons (Fsp3) is 0.333. The molecule has 4 N–H and O–H groups in total. The summed E-state index contributed by atoms with van der Waals surface area (Å²) in [6.45, 7) is 1.26. The number of hydrogen-bond acceptors (Lipinski definition) is 8. The standard InChI is InChI=1S/C24H26F3N7O3S/c1-2-38(36,37)34-21-16(4-3-11-28-21)13-29-22-19(24(25,26)27)14-30-23(33-22)32-18-7-5-15(6-8-18)12-20(35)31-17-9-10-17/h3-8,11,14,17H,2,9-10,12-13H2,1H3,(H,28,34)(H,31,35)(H2,29,30,32,33). The van der Waals surface area contributed by atoms with E-state index >= 15 is 0 Å². The molecule has 2 aromatic heterocycles. The van der Waals surface area contributed by atoms with E-state index in [2.05, 4.69) is 35.6 Å². The van der Waals surface area contributed by atoms with Gasteiger partial charge >= 0.3 is 6.18 Å². The van der Waals surface area contributed by atoms with Crippen LogP contribution in [0.25, 0.3) is 0 Å². The predicted molar refractivity (Wildman–Crippen MR) is 136 cm³/mol. The second kappa shape index (κ2) is 11.2. The summed E-state index contributed by atoms with van der Waals surface area (Å²) >= 11 is 0. The molecule has 1 aliphatic carbocycles. The molecule has 2 heterocycles. The molecule has 1 saturated carbocycles. The topological polar surface area (TPSA) is 138 Å². The summed E-state index contributed by atoms with van der Waals surface area (Å²) in [5, 5.41) is 8.40. The van der Waals surface area contributed by atoms with E-state index in [1.807, 2.05) is 0 Å². The zero-order valence-corrected chi connectivity index (χ0v) is 21.2. The van der Waals surface area contributed by atoms with Crippen LogP contribution in [0, 0.1) is 0 Å². The summed E-state index contributed by atoms with van der Waals surface area (Å²) in [5.74, 6) is -0.818.